The Morgan fingerprint density at radius 2 is 0.831 bits per heavy atom. The average molecular weight is 774 g/mol. The van der Waals surface area contributed by atoms with E-state index < -0.39 is 0 Å². The van der Waals surface area contributed by atoms with Gasteiger partial charge in [-0.3, -0.25) is 0 Å². The number of benzene rings is 7. The van der Waals surface area contributed by atoms with Crippen LogP contribution in [-0.2, 0) is 12.8 Å². The van der Waals surface area contributed by atoms with Gasteiger partial charge in [0.05, 0.1) is 6.17 Å². The van der Waals surface area contributed by atoms with Crippen LogP contribution in [-0.4, -0.2) is 19.3 Å². The first-order valence-electron chi connectivity index (χ1n) is 21.6. The number of anilines is 9. The molecular formula is C54H55N5. The van der Waals surface area contributed by atoms with Crippen LogP contribution in [0.3, 0.4) is 0 Å². The van der Waals surface area contributed by atoms with E-state index in [9.17, 15) is 0 Å². The summed E-state index contributed by atoms with van der Waals surface area (Å²) in [5, 5.41) is 7.48. The largest absolute Gasteiger partial charge is 0.310 e. The summed E-state index contributed by atoms with van der Waals surface area (Å²) in [6.07, 6.45) is 5.91. The van der Waals surface area contributed by atoms with Crippen molar-refractivity contribution in [3.8, 4) is 0 Å². The highest BCUT2D eigenvalue weighted by Crippen LogP contribution is 2.45. The first-order valence-corrected chi connectivity index (χ1v) is 21.6. The maximum Gasteiger partial charge on any atom is 0.0606 e. The molecule has 2 N–H and O–H groups in total. The Hall–Kier alpha value is -6.14. The van der Waals surface area contributed by atoms with Crippen LogP contribution in [0.4, 0.5) is 51.2 Å². The molecule has 5 heteroatoms. The third kappa shape index (κ3) is 8.01. The number of hydrogen-bond acceptors (Lipinski definition) is 5. The van der Waals surface area contributed by atoms with Crippen LogP contribution in [0, 0.1) is 5.92 Å². The van der Waals surface area contributed by atoms with Crippen LogP contribution in [0.1, 0.15) is 55.7 Å². The van der Waals surface area contributed by atoms with Gasteiger partial charge in [-0.05, 0) is 171 Å². The quantitative estimate of drug-likeness (QED) is 0.129. The van der Waals surface area contributed by atoms with Gasteiger partial charge in [0.2, 0.25) is 0 Å². The molecule has 0 saturated carbocycles. The van der Waals surface area contributed by atoms with Crippen molar-refractivity contribution in [3.05, 3.63) is 199 Å². The minimum absolute atomic E-state index is 0.425. The maximum atomic E-state index is 3.74. The minimum atomic E-state index is 0.425. The third-order valence-electron chi connectivity index (χ3n) is 12.4. The van der Waals surface area contributed by atoms with Crippen molar-refractivity contribution >= 4 is 51.2 Å². The molecule has 0 bridgehead atoms. The van der Waals surface area contributed by atoms with Gasteiger partial charge in [-0.25, -0.2) is 0 Å². The molecule has 5 nitrogen and oxygen atoms in total. The monoisotopic (exact) mass is 773 g/mol. The zero-order chi connectivity index (χ0) is 40.0. The molecule has 3 atom stereocenters. The van der Waals surface area contributed by atoms with Crippen LogP contribution in [0.15, 0.2) is 182 Å². The first kappa shape index (κ1) is 38.4. The van der Waals surface area contributed by atoms with Gasteiger partial charge in [0.1, 0.15) is 0 Å². The third-order valence-corrected chi connectivity index (χ3v) is 12.4. The lowest BCUT2D eigenvalue weighted by Gasteiger charge is -2.43. The van der Waals surface area contributed by atoms with Crippen molar-refractivity contribution in [1.82, 2.24) is 10.6 Å². The summed E-state index contributed by atoms with van der Waals surface area (Å²) >= 11 is 0. The second kappa shape index (κ2) is 17.8. The van der Waals surface area contributed by atoms with E-state index in [-0.39, 0.29) is 0 Å². The SMILES string of the molecule is CCc1cc(N(c2ccccc2)c2ccccc2)ccc1N(c1ccccc1)c1ccc(N(c2ccccc2)c2ccc(C3CCNC4NCCCC43)cc2)cc1CC. The normalized spacial score (nSPS) is 17.5. The van der Waals surface area contributed by atoms with Crippen molar-refractivity contribution in [1.29, 1.82) is 0 Å². The number of hydrogen-bond donors (Lipinski definition) is 2. The predicted octanol–water partition coefficient (Wildman–Crippen LogP) is 13.6. The molecule has 296 valence electrons. The number of fused-ring (bicyclic) bond motifs is 1. The summed E-state index contributed by atoms with van der Waals surface area (Å²) in [5.74, 6) is 1.21. The van der Waals surface area contributed by atoms with Crippen LogP contribution >= 0.6 is 0 Å². The number of aryl methyl sites for hydroxylation is 2. The molecule has 0 aromatic heterocycles. The van der Waals surface area contributed by atoms with Crippen molar-refractivity contribution in [3.63, 3.8) is 0 Å². The van der Waals surface area contributed by atoms with Gasteiger partial charge in [0, 0.05) is 51.2 Å². The molecule has 0 amide bonds. The van der Waals surface area contributed by atoms with E-state index in [0.29, 0.717) is 18.0 Å². The zero-order valence-corrected chi connectivity index (χ0v) is 34.3. The lowest BCUT2D eigenvalue weighted by atomic mass is 9.75. The van der Waals surface area contributed by atoms with Crippen molar-refractivity contribution < 1.29 is 0 Å². The van der Waals surface area contributed by atoms with E-state index >= 15 is 0 Å². The maximum absolute atomic E-state index is 3.74. The summed E-state index contributed by atoms with van der Waals surface area (Å²) in [5.41, 5.74) is 14.4. The van der Waals surface area contributed by atoms with Crippen molar-refractivity contribution in [2.45, 2.75) is 58.0 Å². The summed E-state index contributed by atoms with van der Waals surface area (Å²) in [6, 6.07) is 66.5. The second-order valence-electron chi connectivity index (χ2n) is 15.9. The standard InChI is InChI=1S/C54H55N5/c1-3-40-38-48(57(43-18-9-5-10-19-43)44-20-11-6-12-21-44)31-33-52(40)59(46-24-15-8-16-25-46)53-34-32-49(39-41(53)4-2)58(45-22-13-7-14-23-45)47-29-27-42(28-30-47)50-35-37-56-54-51(50)26-17-36-55-54/h5-16,18-25,27-34,38-39,50-51,54-56H,3-4,17,26,35-37H2,1-2H3. The minimum Gasteiger partial charge on any atom is -0.310 e. The Bertz CT molecular complexity index is 2380. The fourth-order valence-corrected chi connectivity index (χ4v) is 9.50. The summed E-state index contributed by atoms with van der Waals surface area (Å²) in [7, 11) is 0. The average Bonchev–Trinajstić information content (AvgIpc) is 3.31. The Labute approximate surface area is 351 Å². The molecule has 0 aliphatic carbocycles. The zero-order valence-electron chi connectivity index (χ0n) is 34.3. The number of nitrogens with zero attached hydrogens (tertiary/aromatic N) is 3. The summed E-state index contributed by atoms with van der Waals surface area (Å²) < 4.78 is 0. The van der Waals surface area contributed by atoms with Gasteiger partial charge in [0.25, 0.3) is 0 Å². The summed E-state index contributed by atoms with van der Waals surface area (Å²) in [4.78, 5) is 7.23. The molecule has 2 saturated heterocycles. The van der Waals surface area contributed by atoms with Gasteiger partial charge in [-0.1, -0.05) is 98.8 Å². The Morgan fingerprint density at radius 1 is 0.424 bits per heavy atom. The fourth-order valence-electron chi connectivity index (χ4n) is 9.50. The van der Waals surface area contributed by atoms with Crippen LogP contribution in [0.2, 0.25) is 0 Å². The molecule has 59 heavy (non-hydrogen) atoms. The second-order valence-corrected chi connectivity index (χ2v) is 15.9. The van der Waals surface area contributed by atoms with Crippen LogP contribution in [0.25, 0.3) is 0 Å². The molecule has 2 heterocycles. The molecule has 3 unspecified atom stereocenters. The van der Waals surface area contributed by atoms with Gasteiger partial charge in [0.15, 0.2) is 0 Å². The molecule has 9 rings (SSSR count). The van der Waals surface area contributed by atoms with Gasteiger partial charge >= 0.3 is 0 Å². The lowest BCUT2D eigenvalue weighted by Crippen LogP contribution is -2.56. The van der Waals surface area contributed by atoms with E-state index in [1.165, 1.54) is 53.0 Å². The first-order chi connectivity index (χ1) is 29.2. The smallest absolute Gasteiger partial charge is 0.0606 e. The molecule has 2 aliphatic rings. The molecule has 7 aromatic rings. The summed E-state index contributed by atoms with van der Waals surface area (Å²) in [6.45, 7) is 6.72. The van der Waals surface area contributed by atoms with Crippen molar-refractivity contribution in [2.75, 3.05) is 27.8 Å². The molecule has 0 spiro atoms. The van der Waals surface area contributed by atoms with Crippen LogP contribution < -0.4 is 25.3 Å². The molecule has 0 radical (unpaired) electrons. The highest BCUT2D eigenvalue weighted by Gasteiger charge is 2.35. The lowest BCUT2D eigenvalue weighted by molar-refractivity contribution is 0.165. The fraction of sp³-hybridized carbons (Fsp3) is 0.222. The molecule has 7 aromatic carbocycles. The van der Waals surface area contributed by atoms with Crippen molar-refractivity contribution in [2.24, 2.45) is 5.92 Å². The van der Waals surface area contributed by atoms with E-state index in [1.54, 1.807) is 0 Å². The van der Waals surface area contributed by atoms with Gasteiger partial charge < -0.3 is 25.3 Å². The highest BCUT2D eigenvalue weighted by atomic mass is 15.2. The Morgan fingerprint density at radius 3 is 1.29 bits per heavy atom. The predicted molar refractivity (Wildman–Crippen MR) is 249 cm³/mol. The van der Waals surface area contributed by atoms with Gasteiger partial charge in [-0.2, -0.15) is 0 Å². The van der Waals surface area contributed by atoms with Crippen LogP contribution in [0.5, 0.6) is 0 Å². The van der Waals surface area contributed by atoms with E-state index in [1.807, 2.05) is 0 Å². The van der Waals surface area contributed by atoms with E-state index in [0.717, 1.165) is 60.1 Å². The van der Waals surface area contributed by atoms with E-state index in [2.05, 4.69) is 221 Å². The Balaban J connectivity index is 1.11. The van der Waals surface area contributed by atoms with Gasteiger partial charge in [-0.15, -0.1) is 0 Å². The molecule has 2 fully saturated rings. The highest BCUT2D eigenvalue weighted by molar-refractivity contribution is 5.86. The number of nitrogens with one attached hydrogen (secondary N) is 2. The molecular weight excluding hydrogens is 719 g/mol. The van der Waals surface area contributed by atoms with E-state index in [4.69, 9.17) is 0 Å². The molecule has 2 aliphatic heterocycles. The topological polar surface area (TPSA) is 33.8 Å². The number of rotatable bonds is 12. The Kier molecular flexibility index (Phi) is 11.6. The number of piperidine rings is 2. The number of para-hydroxylation sites is 4.